The van der Waals surface area contributed by atoms with Crippen LogP contribution in [0.4, 0.5) is 0 Å². The number of halogens is 1. The highest BCUT2D eigenvalue weighted by atomic mass is 35.5. The van der Waals surface area contributed by atoms with Gasteiger partial charge in [0.2, 0.25) is 0 Å². The molecule has 1 amide bonds. The Morgan fingerprint density at radius 3 is 2.46 bits per heavy atom. The predicted octanol–water partition coefficient (Wildman–Crippen LogP) is 2.62. The molecule has 2 unspecified atom stereocenters. The first-order valence-electron chi connectivity index (χ1n) is 8.82. The van der Waals surface area contributed by atoms with Crippen molar-refractivity contribution in [3.63, 3.8) is 0 Å². The number of rotatable bonds is 2. The minimum atomic E-state index is 0. The summed E-state index contributed by atoms with van der Waals surface area (Å²) in [7, 11) is 1.92. The molecule has 2 N–H and O–H groups in total. The van der Waals surface area contributed by atoms with Crippen molar-refractivity contribution in [3.8, 4) is 0 Å². The van der Waals surface area contributed by atoms with Gasteiger partial charge >= 0.3 is 0 Å². The Balaban J connectivity index is 0.00000169. The van der Waals surface area contributed by atoms with Crippen LogP contribution < -0.4 is 5.32 Å². The maximum atomic E-state index is 13.0. The van der Waals surface area contributed by atoms with Crippen LogP contribution in [-0.4, -0.2) is 46.7 Å². The smallest absolute Gasteiger partial charge is 0.270 e. The molecule has 3 heterocycles. The van der Waals surface area contributed by atoms with Crippen molar-refractivity contribution in [2.45, 2.75) is 70.0 Å². The van der Waals surface area contributed by atoms with Gasteiger partial charge in [-0.15, -0.1) is 12.4 Å². The fourth-order valence-corrected chi connectivity index (χ4v) is 4.67. The molecule has 1 aromatic rings. The molecule has 0 aromatic carbocycles. The van der Waals surface area contributed by atoms with Crippen LogP contribution in [0.1, 0.15) is 70.6 Å². The molecule has 4 rings (SSSR count). The standard InChI is InChI=1S/C18H25N3O2.ClH/c1-10-16-14(4-3-5-15(16)22)20-17(10)18(23)21(2)13-8-11-6-7-12(9-13)19-11;/h11-13,19-20H,3-9H2,1-2H3;1H. The van der Waals surface area contributed by atoms with E-state index >= 15 is 0 Å². The SMILES string of the molecule is Cc1c(C(=O)N(C)C2CC3CCC(C2)N3)[nH]c2c1C(=O)CCC2.Cl. The van der Waals surface area contributed by atoms with Crippen LogP contribution in [0.5, 0.6) is 0 Å². The van der Waals surface area contributed by atoms with Gasteiger partial charge in [-0.25, -0.2) is 0 Å². The number of amides is 1. The number of aromatic amines is 1. The highest BCUT2D eigenvalue weighted by Crippen LogP contribution is 2.31. The van der Waals surface area contributed by atoms with Crippen molar-refractivity contribution in [2.24, 2.45) is 0 Å². The van der Waals surface area contributed by atoms with Crippen molar-refractivity contribution >= 4 is 24.1 Å². The highest BCUT2D eigenvalue weighted by Gasteiger charge is 2.37. The van der Waals surface area contributed by atoms with Gasteiger partial charge in [0.15, 0.2) is 5.78 Å². The van der Waals surface area contributed by atoms with E-state index in [1.165, 1.54) is 12.8 Å². The summed E-state index contributed by atoms with van der Waals surface area (Å²) in [4.78, 5) is 30.3. The fraction of sp³-hybridized carbons (Fsp3) is 0.667. The number of carbonyl (C=O) groups is 2. The summed E-state index contributed by atoms with van der Waals surface area (Å²) in [5.74, 6) is 0.220. The van der Waals surface area contributed by atoms with Crippen LogP contribution in [0.3, 0.4) is 0 Å². The summed E-state index contributed by atoms with van der Waals surface area (Å²) in [6.07, 6.45) is 6.89. The maximum absolute atomic E-state index is 13.0. The predicted molar refractivity (Wildman–Crippen MR) is 95.1 cm³/mol. The monoisotopic (exact) mass is 351 g/mol. The number of H-pyrrole nitrogens is 1. The van der Waals surface area contributed by atoms with Gasteiger partial charge in [0.1, 0.15) is 5.69 Å². The molecule has 2 aliphatic heterocycles. The van der Waals surface area contributed by atoms with Gasteiger partial charge in [0.05, 0.1) is 0 Å². The number of aryl methyl sites for hydroxylation is 1. The van der Waals surface area contributed by atoms with Crippen LogP contribution in [0, 0.1) is 6.92 Å². The summed E-state index contributed by atoms with van der Waals surface area (Å²) in [5, 5.41) is 3.62. The van der Waals surface area contributed by atoms with Crippen molar-refractivity contribution in [3.05, 3.63) is 22.5 Å². The summed E-state index contributed by atoms with van der Waals surface area (Å²) < 4.78 is 0. The van der Waals surface area contributed by atoms with Crippen LogP contribution in [-0.2, 0) is 6.42 Å². The van der Waals surface area contributed by atoms with E-state index in [4.69, 9.17) is 0 Å². The van der Waals surface area contributed by atoms with Crippen molar-refractivity contribution in [1.82, 2.24) is 15.2 Å². The number of carbonyl (C=O) groups excluding carboxylic acids is 2. The van der Waals surface area contributed by atoms with Gasteiger partial charge in [-0.3, -0.25) is 9.59 Å². The van der Waals surface area contributed by atoms with Gasteiger partial charge in [-0.1, -0.05) is 0 Å². The first kappa shape index (κ1) is 17.5. The lowest BCUT2D eigenvalue weighted by Crippen LogP contribution is -2.48. The second kappa shape index (κ2) is 6.52. The average molecular weight is 352 g/mol. The third-order valence-corrected chi connectivity index (χ3v) is 5.97. The zero-order chi connectivity index (χ0) is 16.1. The molecule has 1 aromatic heterocycles. The van der Waals surface area contributed by atoms with Gasteiger partial charge in [-0.05, 0) is 51.0 Å². The number of hydrogen-bond acceptors (Lipinski definition) is 3. The summed E-state index contributed by atoms with van der Waals surface area (Å²) in [6.45, 7) is 1.91. The Morgan fingerprint density at radius 1 is 1.17 bits per heavy atom. The fourth-order valence-electron chi connectivity index (χ4n) is 4.67. The molecule has 0 radical (unpaired) electrons. The van der Waals surface area contributed by atoms with Crippen molar-refractivity contribution in [1.29, 1.82) is 0 Å². The third kappa shape index (κ3) is 2.78. The third-order valence-electron chi connectivity index (χ3n) is 5.97. The Bertz CT molecular complexity index is 657. The minimum Gasteiger partial charge on any atom is -0.354 e. The highest BCUT2D eigenvalue weighted by molar-refractivity contribution is 6.04. The largest absolute Gasteiger partial charge is 0.354 e. The molecule has 6 heteroatoms. The molecule has 5 nitrogen and oxygen atoms in total. The second-order valence-corrected chi connectivity index (χ2v) is 7.43. The number of Topliss-reactive ketones (excluding diaryl/α,β-unsaturated/α-hetero) is 1. The van der Waals surface area contributed by atoms with Crippen LogP contribution in [0.15, 0.2) is 0 Å². The van der Waals surface area contributed by atoms with Crippen LogP contribution in [0.2, 0.25) is 0 Å². The molecular formula is C18H26ClN3O2. The molecule has 2 bridgehead atoms. The average Bonchev–Trinajstić information content (AvgIpc) is 3.06. The zero-order valence-electron chi connectivity index (χ0n) is 14.4. The number of hydrogen-bond donors (Lipinski definition) is 2. The van der Waals surface area contributed by atoms with Crippen molar-refractivity contribution in [2.75, 3.05) is 7.05 Å². The lowest BCUT2D eigenvalue weighted by atomic mass is 9.93. The Hall–Kier alpha value is -1.33. The molecule has 1 aliphatic carbocycles. The molecule has 2 fully saturated rings. The van der Waals surface area contributed by atoms with E-state index in [-0.39, 0.29) is 24.1 Å². The Kier molecular flexibility index (Phi) is 4.76. The van der Waals surface area contributed by atoms with Crippen molar-refractivity contribution < 1.29 is 9.59 Å². The van der Waals surface area contributed by atoms with E-state index in [1.54, 1.807) is 0 Å². The summed E-state index contributed by atoms with van der Waals surface area (Å²) in [5.41, 5.74) is 3.20. The molecule has 2 saturated heterocycles. The minimum absolute atomic E-state index is 0. The van der Waals surface area contributed by atoms with E-state index in [0.29, 0.717) is 30.2 Å². The number of ketones is 1. The lowest BCUT2D eigenvalue weighted by Gasteiger charge is -2.35. The van der Waals surface area contributed by atoms with Crippen LogP contribution in [0.25, 0.3) is 0 Å². The van der Waals surface area contributed by atoms with E-state index in [9.17, 15) is 9.59 Å². The first-order chi connectivity index (χ1) is 11.0. The molecule has 132 valence electrons. The first-order valence-corrected chi connectivity index (χ1v) is 8.82. The van der Waals surface area contributed by atoms with E-state index in [2.05, 4.69) is 10.3 Å². The Morgan fingerprint density at radius 2 is 1.83 bits per heavy atom. The molecular weight excluding hydrogens is 326 g/mol. The number of piperidine rings is 1. The molecule has 2 atom stereocenters. The topological polar surface area (TPSA) is 65.2 Å². The summed E-state index contributed by atoms with van der Waals surface area (Å²) in [6, 6.07) is 1.43. The zero-order valence-corrected chi connectivity index (χ0v) is 15.2. The summed E-state index contributed by atoms with van der Waals surface area (Å²) >= 11 is 0. The van der Waals surface area contributed by atoms with Gasteiger partial charge in [0.25, 0.3) is 5.91 Å². The molecule has 0 saturated carbocycles. The maximum Gasteiger partial charge on any atom is 0.270 e. The molecule has 3 aliphatic rings. The normalized spacial score (nSPS) is 28.2. The quantitative estimate of drug-likeness (QED) is 0.860. The second-order valence-electron chi connectivity index (χ2n) is 7.43. The van der Waals surface area contributed by atoms with Crippen LogP contribution >= 0.6 is 12.4 Å². The van der Waals surface area contributed by atoms with E-state index in [0.717, 1.165) is 42.5 Å². The molecule has 24 heavy (non-hydrogen) atoms. The van der Waals surface area contributed by atoms with E-state index < -0.39 is 0 Å². The van der Waals surface area contributed by atoms with E-state index in [1.807, 2.05) is 18.9 Å². The number of fused-ring (bicyclic) bond motifs is 3. The molecule has 0 spiro atoms. The van der Waals surface area contributed by atoms with Gasteiger partial charge in [0, 0.05) is 42.9 Å². The lowest BCUT2D eigenvalue weighted by molar-refractivity contribution is 0.0675. The van der Waals surface area contributed by atoms with Gasteiger partial charge < -0.3 is 15.2 Å². The number of nitrogens with zero attached hydrogens (tertiary/aromatic N) is 1. The number of nitrogens with one attached hydrogen (secondary N) is 2. The van der Waals surface area contributed by atoms with Gasteiger partial charge in [-0.2, -0.15) is 0 Å². The Labute approximate surface area is 149 Å². The number of aromatic nitrogens is 1.